The highest BCUT2D eigenvalue weighted by molar-refractivity contribution is 5.98. The van der Waals surface area contributed by atoms with Gasteiger partial charge in [-0.1, -0.05) is 36.4 Å². The van der Waals surface area contributed by atoms with Gasteiger partial charge in [-0.15, -0.1) is 0 Å². The van der Waals surface area contributed by atoms with Crippen LogP contribution in [-0.4, -0.2) is 34.7 Å². The molecule has 2 unspecified atom stereocenters. The van der Waals surface area contributed by atoms with E-state index in [4.69, 9.17) is 4.52 Å². The lowest BCUT2D eigenvalue weighted by atomic mass is 9.96. The van der Waals surface area contributed by atoms with Crippen molar-refractivity contribution in [1.82, 2.24) is 10.5 Å². The van der Waals surface area contributed by atoms with E-state index in [1.807, 2.05) is 18.2 Å². The first kappa shape index (κ1) is 26.3. The second-order valence-corrected chi connectivity index (χ2v) is 8.55. The SMILES string of the molecule is O=C(NC(Cc1cc(OC(F)(F)C(F)F)no1)C(O)c1ccc(F)cc1)c1cccc2c1C=CCCC2. The van der Waals surface area contributed by atoms with E-state index in [2.05, 4.69) is 15.2 Å². The molecule has 2 N–H and O–H groups in total. The number of aromatic nitrogens is 1. The van der Waals surface area contributed by atoms with Gasteiger partial charge in [-0.05, 0) is 59.3 Å². The number of aryl methyl sites for hydroxylation is 1. The molecule has 1 amide bonds. The molecular formula is C26H23F5N2O4. The van der Waals surface area contributed by atoms with Gasteiger partial charge in [-0.2, -0.15) is 17.6 Å². The number of nitrogens with zero attached hydrogens (tertiary/aromatic N) is 1. The van der Waals surface area contributed by atoms with E-state index in [0.717, 1.165) is 48.6 Å². The van der Waals surface area contributed by atoms with E-state index in [0.29, 0.717) is 5.56 Å². The van der Waals surface area contributed by atoms with E-state index >= 15 is 0 Å². The van der Waals surface area contributed by atoms with Gasteiger partial charge in [0, 0.05) is 18.1 Å². The molecular weight excluding hydrogens is 499 g/mol. The summed E-state index contributed by atoms with van der Waals surface area (Å²) in [6.45, 7) is 0. The largest absolute Gasteiger partial charge is 0.462 e. The second kappa shape index (κ2) is 11.1. The Labute approximate surface area is 208 Å². The van der Waals surface area contributed by atoms with Gasteiger partial charge in [-0.25, -0.2) is 4.39 Å². The lowest BCUT2D eigenvalue weighted by Gasteiger charge is -2.24. The molecule has 2 atom stereocenters. The number of aliphatic hydroxyl groups excluding tert-OH is 1. The lowest BCUT2D eigenvalue weighted by Crippen LogP contribution is -2.41. The van der Waals surface area contributed by atoms with Crippen LogP contribution in [0.15, 0.2) is 59.1 Å². The number of hydrogen-bond acceptors (Lipinski definition) is 5. The third-order valence-corrected chi connectivity index (χ3v) is 5.90. The van der Waals surface area contributed by atoms with Crippen molar-refractivity contribution >= 4 is 12.0 Å². The summed E-state index contributed by atoms with van der Waals surface area (Å²) in [6, 6.07) is 10.0. The molecule has 0 saturated heterocycles. The molecule has 1 heterocycles. The van der Waals surface area contributed by atoms with Crippen LogP contribution >= 0.6 is 0 Å². The normalized spacial score (nSPS) is 15.1. The molecule has 1 aromatic heterocycles. The van der Waals surface area contributed by atoms with Gasteiger partial charge in [-0.3, -0.25) is 4.79 Å². The molecule has 1 aliphatic rings. The zero-order valence-corrected chi connectivity index (χ0v) is 19.3. The highest BCUT2D eigenvalue weighted by Gasteiger charge is 2.45. The molecule has 3 aromatic rings. The number of carbonyl (C=O) groups excluding carboxylic acids is 1. The Morgan fingerprint density at radius 2 is 1.95 bits per heavy atom. The number of alkyl halides is 4. The molecule has 0 saturated carbocycles. The van der Waals surface area contributed by atoms with Crippen molar-refractivity contribution in [1.29, 1.82) is 0 Å². The predicted octanol–water partition coefficient (Wildman–Crippen LogP) is 5.47. The maximum atomic E-state index is 13.4. The van der Waals surface area contributed by atoms with E-state index in [-0.39, 0.29) is 17.7 Å². The smallest absolute Gasteiger partial charge is 0.407 e. The molecule has 37 heavy (non-hydrogen) atoms. The van der Waals surface area contributed by atoms with Crippen LogP contribution in [0.2, 0.25) is 0 Å². The van der Waals surface area contributed by atoms with Crippen molar-refractivity contribution < 1.29 is 41.1 Å². The maximum absolute atomic E-state index is 13.4. The molecule has 0 bridgehead atoms. The van der Waals surface area contributed by atoms with Crippen LogP contribution in [0, 0.1) is 5.82 Å². The van der Waals surface area contributed by atoms with Crippen LogP contribution < -0.4 is 10.1 Å². The highest BCUT2D eigenvalue weighted by Crippen LogP contribution is 2.29. The summed E-state index contributed by atoms with van der Waals surface area (Å²) in [7, 11) is 0. The Morgan fingerprint density at radius 3 is 2.68 bits per heavy atom. The average molecular weight is 522 g/mol. The summed E-state index contributed by atoms with van der Waals surface area (Å²) in [4.78, 5) is 13.3. The van der Waals surface area contributed by atoms with E-state index in [1.165, 1.54) is 12.1 Å². The Kier molecular flexibility index (Phi) is 7.91. The number of allylic oxidation sites excluding steroid dienone is 1. The van der Waals surface area contributed by atoms with Crippen LogP contribution in [0.5, 0.6) is 5.88 Å². The molecule has 4 rings (SSSR count). The van der Waals surface area contributed by atoms with Crippen molar-refractivity contribution in [2.45, 2.75) is 50.4 Å². The van der Waals surface area contributed by atoms with Crippen molar-refractivity contribution in [2.75, 3.05) is 0 Å². The van der Waals surface area contributed by atoms with Gasteiger partial charge in [0.15, 0.2) is 0 Å². The van der Waals surface area contributed by atoms with E-state index < -0.39 is 42.3 Å². The third kappa shape index (κ3) is 6.34. The molecule has 2 aromatic carbocycles. The molecule has 1 aliphatic carbocycles. The minimum Gasteiger partial charge on any atom is -0.407 e. The minimum atomic E-state index is -4.78. The van der Waals surface area contributed by atoms with E-state index in [9.17, 15) is 31.9 Å². The first-order valence-corrected chi connectivity index (χ1v) is 11.5. The average Bonchev–Trinajstić information content (AvgIpc) is 3.14. The number of amides is 1. The van der Waals surface area contributed by atoms with Gasteiger partial charge < -0.3 is 19.7 Å². The number of aliphatic hydroxyl groups is 1. The number of carbonyl (C=O) groups is 1. The van der Waals surface area contributed by atoms with Crippen molar-refractivity contribution in [3.8, 4) is 5.88 Å². The quantitative estimate of drug-likeness (QED) is 0.364. The molecule has 11 heteroatoms. The Balaban J connectivity index is 1.60. The van der Waals surface area contributed by atoms with Crippen molar-refractivity contribution in [3.63, 3.8) is 0 Å². The lowest BCUT2D eigenvalue weighted by molar-refractivity contribution is -0.255. The fourth-order valence-corrected chi connectivity index (χ4v) is 4.06. The third-order valence-electron chi connectivity index (χ3n) is 5.90. The van der Waals surface area contributed by atoms with Crippen LogP contribution in [0.1, 0.15) is 51.8 Å². The summed E-state index contributed by atoms with van der Waals surface area (Å²) in [6.07, 6.45) is -4.10. The zero-order chi connectivity index (χ0) is 26.6. The van der Waals surface area contributed by atoms with Crippen molar-refractivity contribution in [3.05, 3.63) is 88.4 Å². The maximum Gasteiger partial charge on any atom is 0.462 e. The van der Waals surface area contributed by atoms with Gasteiger partial charge in [0.1, 0.15) is 11.6 Å². The number of halogens is 5. The summed E-state index contributed by atoms with van der Waals surface area (Å²) < 4.78 is 73.6. The predicted molar refractivity (Wildman–Crippen MR) is 123 cm³/mol. The Bertz CT molecular complexity index is 1260. The zero-order valence-electron chi connectivity index (χ0n) is 19.3. The minimum absolute atomic E-state index is 0.127. The number of rotatable bonds is 9. The summed E-state index contributed by atoms with van der Waals surface area (Å²) in [5.74, 6) is -2.07. The summed E-state index contributed by atoms with van der Waals surface area (Å²) in [5, 5.41) is 17.0. The molecule has 0 radical (unpaired) electrons. The Morgan fingerprint density at radius 1 is 1.19 bits per heavy atom. The number of ether oxygens (including phenoxy) is 1. The fraction of sp³-hybridized carbons (Fsp3) is 0.308. The number of benzene rings is 2. The molecule has 0 aliphatic heterocycles. The fourth-order valence-electron chi connectivity index (χ4n) is 4.06. The summed E-state index contributed by atoms with van der Waals surface area (Å²) >= 11 is 0. The van der Waals surface area contributed by atoms with Gasteiger partial charge in [0.05, 0.1) is 12.1 Å². The first-order valence-electron chi connectivity index (χ1n) is 11.5. The molecule has 0 fully saturated rings. The van der Waals surface area contributed by atoms with Gasteiger partial charge in [0.2, 0.25) is 0 Å². The number of fused-ring (bicyclic) bond motifs is 1. The molecule has 0 spiro atoms. The van der Waals surface area contributed by atoms with Crippen LogP contribution in [0.4, 0.5) is 22.0 Å². The number of hydrogen-bond donors (Lipinski definition) is 2. The second-order valence-electron chi connectivity index (χ2n) is 8.55. The summed E-state index contributed by atoms with van der Waals surface area (Å²) in [5.41, 5.74) is 2.37. The van der Waals surface area contributed by atoms with Gasteiger partial charge >= 0.3 is 12.5 Å². The van der Waals surface area contributed by atoms with Crippen LogP contribution in [0.3, 0.4) is 0 Å². The van der Waals surface area contributed by atoms with E-state index in [1.54, 1.807) is 12.1 Å². The first-order chi connectivity index (χ1) is 17.6. The monoisotopic (exact) mass is 522 g/mol. The van der Waals surface area contributed by atoms with Crippen LogP contribution in [0.25, 0.3) is 6.08 Å². The topological polar surface area (TPSA) is 84.6 Å². The standard InChI is InChI=1S/C26H23F5N2O4/c27-17-11-9-16(10-12-17)23(34)21(13-18-14-22(33-37-18)36-26(30,31)25(28)29)32-24(35)20-8-4-6-15-5-2-1-3-7-19(15)20/h3-4,6-12,14,21,23,25,34H,1-2,5,13H2,(H,32,35). The van der Waals surface area contributed by atoms with Crippen LogP contribution in [-0.2, 0) is 12.8 Å². The van der Waals surface area contributed by atoms with Crippen molar-refractivity contribution in [2.24, 2.45) is 0 Å². The van der Waals surface area contributed by atoms with Gasteiger partial charge in [0.25, 0.3) is 11.8 Å². The number of nitrogens with one attached hydrogen (secondary N) is 1. The molecule has 196 valence electrons. The Hall–Kier alpha value is -3.73. The highest BCUT2D eigenvalue weighted by atomic mass is 19.3. The molecule has 6 nitrogen and oxygen atoms in total.